The molecule has 0 aromatic heterocycles. The third-order valence-corrected chi connectivity index (χ3v) is 0.526. The first kappa shape index (κ1) is 11.3. The summed E-state index contributed by atoms with van der Waals surface area (Å²) in [5.41, 5.74) is 0. The van der Waals surface area contributed by atoms with Gasteiger partial charge in [-0.05, 0) is 0 Å². The molecule has 0 aliphatic heterocycles. The first-order valence-electron chi connectivity index (χ1n) is 2.22. The first-order chi connectivity index (χ1) is 3.81. The summed E-state index contributed by atoms with van der Waals surface area (Å²) < 4.78 is 4.34. The van der Waals surface area contributed by atoms with Gasteiger partial charge < -0.3 is 4.74 Å². The molecule has 0 unspecified atom stereocenters. The summed E-state index contributed by atoms with van der Waals surface area (Å²) in [4.78, 5) is 10.3. The monoisotopic (exact) mass is 175 g/mol. The van der Waals surface area contributed by atoms with Crippen LogP contribution in [0, 0.1) is 0 Å². The molecular formula is C6H8CuO2. The Morgan fingerprint density at radius 1 is 1.56 bits per heavy atom. The van der Waals surface area contributed by atoms with Gasteiger partial charge in [0.1, 0.15) is 0 Å². The van der Waals surface area contributed by atoms with E-state index >= 15 is 0 Å². The SMILES string of the molecule is C=CCC(=O)OC=C.[Cu]. The molecule has 0 aromatic carbocycles. The van der Waals surface area contributed by atoms with Crippen LogP contribution in [0.3, 0.4) is 0 Å². The fourth-order valence-corrected chi connectivity index (χ4v) is 0.259. The van der Waals surface area contributed by atoms with Crippen LogP contribution in [-0.4, -0.2) is 5.97 Å². The number of rotatable bonds is 3. The van der Waals surface area contributed by atoms with Gasteiger partial charge in [-0.15, -0.1) is 6.58 Å². The first-order valence-corrected chi connectivity index (χ1v) is 2.22. The molecule has 0 aliphatic carbocycles. The van der Waals surface area contributed by atoms with Gasteiger partial charge in [-0.25, -0.2) is 0 Å². The van der Waals surface area contributed by atoms with Crippen molar-refractivity contribution >= 4 is 5.97 Å². The molecule has 3 heteroatoms. The van der Waals surface area contributed by atoms with Crippen molar-refractivity contribution in [1.82, 2.24) is 0 Å². The Labute approximate surface area is 65.1 Å². The summed E-state index contributed by atoms with van der Waals surface area (Å²) in [6.07, 6.45) is 2.82. The van der Waals surface area contributed by atoms with Crippen molar-refractivity contribution in [2.75, 3.05) is 0 Å². The molecule has 2 nitrogen and oxygen atoms in total. The molecule has 0 heterocycles. The van der Waals surface area contributed by atoms with Crippen LogP contribution in [-0.2, 0) is 26.6 Å². The number of hydrogen-bond acceptors (Lipinski definition) is 2. The van der Waals surface area contributed by atoms with E-state index in [0.29, 0.717) is 0 Å². The predicted octanol–water partition coefficient (Wildman–Crippen LogP) is 1.25. The van der Waals surface area contributed by atoms with Crippen LogP contribution in [0.15, 0.2) is 25.5 Å². The molecule has 0 N–H and O–H groups in total. The quantitative estimate of drug-likeness (QED) is 0.279. The minimum atomic E-state index is -0.324. The minimum Gasteiger partial charge on any atom is -0.435 e. The van der Waals surface area contributed by atoms with Gasteiger partial charge in [0.25, 0.3) is 0 Å². The van der Waals surface area contributed by atoms with Crippen molar-refractivity contribution in [2.45, 2.75) is 6.42 Å². The molecule has 0 rings (SSSR count). The van der Waals surface area contributed by atoms with E-state index in [1.807, 2.05) is 0 Å². The van der Waals surface area contributed by atoms with Crippen molar-refractivity contribution < 1.29 is 26.6 Å². The van der Waals surface area contributed by atoms with Crippen LogP contribution in [0.25, 0.3) is 0 Å². The van der Waals surface area contributed by atoms with Gasteiger partial charge in [-0.3, -0.25) is 4.79 Å². The summed E-state index contributed by atoms with van der Waals surface area (Å²) >= 11 is 0. The zero-order chi connectivity index (χ0) is 6.41. The third-order valence-electron chi connectivity index (χ3n) is 0.526. The van der Waals surface area contributed by atoms with E-state index < -0.39 is 0 Å². The molecule has 55 valence electrons. The van der Waals surface area contributed by atoms with Crippen LogP contribution in [0.4, 0.5) is 0 Å². The second-order valence-electron chi connectivity index (χ2n) is 1.15. The molecule has 0 aromatic rings. The summed E-state index contributed by atoms with van der Waals surface area (Å²) in [5.74, 6) is -0.324. The van der Waals surface area contributed by atoms with E-state index in [-0.39, 0.29) is 29.5 Å². The van der Waals surface area contributed by atoms with Crippen LogP contribution < -0.4 is 0 Å². The van der Waals surface area contributed by atoms with Crippen molar-refractivity contribution in [3.05, 3.63) is 25.5 Å². The molecule has 0 saturated carbocycles. The number of esters is 1. The average molecular weight is 176 g/mol. The van der Waals surface area contributed by atoms with Crippen LogP contribution in [0.5, 0.6) is 0 Å². The van der Waals surface area contributed by atoms with Gasteiger partial charge in [-0.1, -0.05) is 12.7 Å². The van der Waals surface area contributed by atoms with E-state index in [1.165, 1.54) is 6.08 Å². The molecule has 0 fully saturated rings. The summed E-state index contributed by atoms with van der Waals surface area (Å²) in [6, 6.07) is 0. The maximum absolute atomic E-state index is 10.3. The molecule has 0 amide bonds. The Bertz CT molecular complexity index is 97.6. The Kier molecular flexibility index (Phi) is 9.37. The number of carbonyl (C=O) groups is 1. The van der Waals surface area contributed by atoms with Crippen molar-refractivity contribution in [3.8, 4) is 0 Å². The number of carbonyl (C=O) groups excluding carboxylic acids is 1. The second kappa shape index (κ2) is 7.47. The molecule has 0 bridgehead atoms. The Morgan fingerprint density at radius 3 is 2.44 bits per heavy atom. The van der Waals surface area contributed by atoms with E-state index in [9.17, 15) is 4.79 Å². The summed E-state index contributed by atoms with van der Waals surface area (Å²) in [6.45, 7) is 6.55. The second-order valence-corrected chi connectivity index (χ2v) is 1.15. The molecule has 0 saturated heterocycles. The van der Waals surface area contributed by atoms with E-state index in [4.69, 9.17) is 0 Å². The molecular weight excluding hydrogens is 168 g/mol. The van der Waals surface area contributed by atoms with Crippen LogP contribution in [0.2, 0.25) is 0 Å². The van der Waals surface area contributed by atoms with Gasteiger partial charge >= 0.3 is 5.97 Å². The van der Waals surface area contributed by atoms with Gasteiger partial charge in [0, 0.05) is 17.1 Å². The number of ether oxygens (including phenoxy) is 1. The van der Waals surface area contributed by atoms with Gasteiger partial charge in [-0.2, -0.15) is 0 Å². The molecule has 9 heavy (non-hydrogen) atoms. The minimum absolute atomic E-state index is 0. The Morgan fingerprint density at radius 2 is 2.11 bits per heavy atom. The van der Waals surface area contributed by atoms with Gasteiger partial charge in [0.15, 0.2) is 0 Å². The summed E-state index contributed by atoms with van der Waals surface area (Å²) in [7, 11) is 0. The Balaban J connectivity index is 0. The smallest absolute Gasteiger partial charge is 0.314 e. The van der Waals surface area contributed by atoms with Crippen molar-refractivity contribution in [1.29, 1.82) is 0 Å². The van der Waals surface area contributed by atoms with Crippen molar-refractivity contribution in [2.24, 2.45) is 0 Å². The number of hydrogen-bond donors (Lipinski definition) is 0. The molecule has 0 spiro atoms. The normalized spacial score (nSPS) is 6.67. The molecule has 0 atom stereocenters. The Hall–Kier alpha value is -0.531. The zero-order valence-electron chi connectivity index (χ0n) is 4.89. The standard InChI is InChI=1S/C6H8O2.Cu/c1-3-5-6(7)8-4-2;/h3-4H,1-2,5H2;. The van der Waals surface area contributed by atoms with E-state index in [2.05, 4.69) is 17.9 Å². The maximum Gasteiger partial charge on any atom is 0.314 e. The van der Waals surface area contributed by atoms with Gasteiger partial charge in [0.05, 0.1) is 12.7 Å². The summed E-state index contributed by atoms with van der Waals surface area (Å²) in [5, 5.41) is 0. The van der Waals surface area contributed by atoms with E-state index in [1.54, 1.807) is 0 Å². The van der Waals surface area contributed by atoms with Gasteiger partial charge in [0.2, 0.25) is 0 Å². The maximum atomic E-state index is 10.3. The third kappa shape index (κ3) is 7.47. The van der Waals surface area contributed by atoms with Crippen molar-refractivity contribution in [3.63, 3.8) is 0 Å². The van der Waals surface area contributed by atoms with E-state index in [0.717, 1.165) is 6.26 Å². The van der Waals surface area contributed by atoms with Crippen LogP contribution in [0.1, 0.15) is 6.42 Å². The van der Waals surface area contributed by atoms with Crippen LogP contribution >= 0.6 is 0 Å². The average Bonchev–Trinajstić information content (AvgIpc) is 1.68. The molecule has 0 aliphatic rings. The fraction of sp³-hybridized carbons (Fsp3) is 0.167. The molecule has 1 radical (unpaired) electrons. The predicted molar refractivity (Wildman–Crippen MR) is 31.1 cm³/mol. The largest absolute Gasteiger partial charge is 0.435 e. The zero-order valence-corrected chi connectivity index (χ0v) is 5.84. The fourth-order valence-electron chi connectivity index (χ4n) is 0.259. The topological polar surface area (TPSA) is 26.3 Å².